The monoisotopic (exact) mass is 327 g/mol. The first-order valence-electron chi connectivity index (χ1n) is 8.25. The van der Waals surface area contributed by atoms with E-state index in [1.54, 1.807) is 0 Å². The smallest absolute Gasteiger partial charge is 0.227 e. The van der Waals surface area contributed by atoms with E-state index in [1.807, 2.05) is 23.7 Å². The van der Waals surface area contributed by atoms with Crippen molar-refractivity contribution in [3.63, 3.8) is 0 Å². The summed E-state index contributed by atoms with van der Waals surface area (Å²) in [4.78, 5) is 22.8. The van der Waals surface area contributed by atoms with Crippen molar-refractivity contribution in [2.75, 3.05) is 19.6 Å². The van der Waals surface area contributed by atoms with Crippen molar-refractivity contribution in [2.24, 2.45) is 5.92 Å². The summed E-state index contributed by atoms with van der Waals surface area (Å²) >= 11 is 1.82. The third kappa shape index (κ3) is 3.16. The predicted molar refractivity (Wildman–Crippen MR) is 91.1 cm³/mol. The van der Waals surface area contributed by atoms with Crippen molar-refractivity contribution in [2.45, 2.75) is 25.9 Å². The van der Waals surface area contributed by atoms with Crippen molar-refractivity contribution >= 4 is 17.2 Å². The molecular formula is C18H21N3OS. The summed E-state index contributed by atoms with van der Waals surface area (Å²) in [6.07, 6.45) is 5.67. The lowest BCUT2D eigenvalue weighted by atomic mass is 10.0. The summed E-state index contributed by atoms with van der Waals surface area (Å²) in [6.45, 7) is 4.50. The minimum Gasteiger partial charge on any atom is -0.338 e. The van der Waals surface area contributed by atoms with Crippen LogP contribution in [0.2, 0.25) is 0 Å². The topological polar surface area (TPSA) is 36.4 Å². The Kier molecular flexibility index (Phi) is 4.14. The lowest BCUT2D eigenvalue weighted by Crippen LogP contribution is -2.40. The zero-order chi connectivity index (χ0) is 15.6. The summed E-state index contributed by atoms with van der Waals surface area (Å²) in [5.41, 5.74) is 2.62. The number of hydrogen-bond acceptors (Lipinski definition) is 4. The van der Waals surface area contributed by atoms with Gasteiger partial charge in [-0.25, -0.2) is 0 Å². The van der Waals surface area contributed by atoms with Gasteiger partial charge in [-0.05, 0) is 54.1 Å². The Morgan fingerprint density at radius 1 is 1.26 bits per heavy atom. The molecule has 4 rings (SSSR count). The highest BCUT2D eigenvalue weighted by molar-refractivity contribution is 7.10. The van der Waals surface area contributed by atoms with Crippen LogP contribution in [-0.2, 0) is 24.3 Å². The Balaban J connectivity index is 1.35. The van der Waals surface area contributed by atoms with E-state index in [0.29, 0.717) is 5.91 Å². The predicted octanol–water partition coefficient (Wildman–Crippen LogP) is 2.55. The number of hydrogen-bond donors (Lipinski definition) is 0. The maximum atomic E-state index is 12.8. The van der Waals surface area contributed by atoms with Crippen LogP contribution in [0.3, 0.4) is 0 Å². The molecule has 4 heterocycles. The summed E-state index contributed by atoms with van der Waals surface area (Å²) in [7, 11) is 0. The molecule has 1 amide bonds. The molecule has 0 aliphatic carbocycles. The van der Waals surface area contributed by atoms with E-state index in [-0.39, 0.29) is 5.92 Å². The number of thiophene rings is 1. The van der Waals surface area contributed by atoms with Crippen LogP contribution in [0.15, 0.2) is 36.0 Å². The van der Waals surface area contributed by atoms with Crippen LogP contribution in [0.25, 0.3) is 0 Å². The van der Waals surface area contributed by atoms with Crippen LogP contribution in [0.1, 0.15) is 22.4 Å². The van der Waals surface area contributed by atoms with Crippen LogP contribution >= 0.6 is 11.3 Å². The van der Waals surface area contributed by atoms with Crippen molar-refractivity contribution in [1.29, 1.82) is 0 Å². The first-order chi connectivity index (χ1) is 11.3. The van der Waals surface area contributed by atoms with Crippen LogP contribution in [0, 0.1) is 5.92 Å². The molecule has 0 bridgehead atoms. The second-order valence-corrected chi connectivity index (χ2v) is 7.46. The molecule has 23 heavy (non-hydrogen) atoms. The quantitative estimate of drug-likeness (QED) is 0.869. The number of pyridine rings is 1. The standard InChI is InChI=1S/C18H21N3OS/c22-18(21-9-4-17-15(13-21)5-10-23-17)16-3-8-20(12-16)11-14-1-6-19-7-2-14/h1-2,5-7,10,16H,3-4,8-9,11-13H2. The van der Waals surface area contributed by atoms with Crippen molar-refractivity contribution < 1.29 is 4.79 Å². The molecule has 1 atom stereocenters. The van der Waals surface area contributed by atoms with Gasteiger partial charge in [-0.3, -0.25) is 14.7 Å². The number of fused-ring (bicyclic) bond motifs is 1. The number of aromatic nitrogens is 1. The molecule has 0 radical (unpaired) electrons. The van der Waals surface area contributed by atoms with Crippen LogP contribution in [0.4, 0.5) is 0 Å². The van der Waals surface area contributed by atoms with E-state index in [2.05, 4.69) is 38.4 Å². The molecule has 1 saturated heterocycles. The molecule has 4 nitrogen and oxygen atoms in total. The maximum absolute atomic E-state index is 12.8. The average Bonchev–Trinajstić information content (AvgIpc) is 3.23. The van der Waals surface area contributed by atoms with Gasteiger partial charge in [0.1, 0.15) is 0 Å². The van der Waals surface area contributed by atoms with Gasteiger partial charge in [0.25, 0.3) is 0 Å². The molecule has 0 saturated carbocycles. The number of nitrogens with zero attached hydrogens (tertiary/aromatic N) is 3. The van der Waals surface area contributed by atoms with E-state index >= 15 is 0 Å². The summed E-state index contributed by atoms with van der Waals surface area (Å²) in [5.74, 6) is 0.510. The first-order valence-corrected chi connectivity index (χ1v) is 9.13. The Morgan fingerprint density at radius 3 is 3.00 bits per heavy atom. The Labute approximate surface area is 140 Å². The van der Waals surface area contributed by atoms with Gasteiger partial charge < -0.3 is 4.90 Å². The molecule has 0 aromatic carbocycles. The van der Waals surface area contributed by atoms with Gasteiger partial charge >= 0.3 is 0 Å². The molecule has 2 aromatic rings. The molecule has 1 fully saturated rings. The second kappa shape index (κ2) is 6.42. The van der Waals surface area contributed by atoms with Crippen LogP contribution < -0.4 is 0 Å². The third-order valence-electron chi connectivity index (χ3n) is 4.90. The third-order valence-corrected chi connectivity index (χ3v) is 5.92. The highest BCUT2D eigenvalue weighted by atomic mass is 32.1. The van der Waals surface area contributed by atoms with Crippen molar-refractivity contribution in [3.8, 4) is 0 Å². The minimum absolute atomic E-state index is 0.164. The zero-order valence-electron chi connectivity index (χ0n) is 13.1. The molecule has 2 aliphatic heterocycles. The zero-order valence-corrected chi connectivity index (χ0v) is 14.0. The fourth-order valence-corrected chi connectivity index (χ4v) is 4.51. The van der Waals surface area contributed by atoms with Crippen molar-refractivity contribution in [1.82, 2.24) is 14.8 Å². The van der Waals surface area contributed by atoms with Crippen LogP contribution in [0.5, 0.6) is 0 Å². The molecule has 120 valence electrons. The van der Waals surface area contributed by atoms with Crippen LogP contribution in [-0.4, -0.2) is 40.3 Å². The maximum Gasteiger partial charge on any atom is 0.227 e. The summed E-state index contributed by atoms with van der Waals surface area (Å²) in [5, 5.41) is 2.14. The minimum atomic E-state index is 0.164. The Hall–Kier alpha value is -1.72. The van der Waals surface area contributed by atoms with Gasteiger partial charge in [0.05, 0.1) is 5.92 Å². The molecule has 2 aromatic heterocycles. The normalized spacial score (nSPS) is 21.4. The van der Waals surface area contributed by atoms with Crippen molar-refractivity contribution in [3.05, 3.63) is 52.0 Å². The lowest BCUT2D eigenvalue weighted by molar-refractivity contribution is -0.136. The molecule has 1 unspecified atom stereocenters. The summed E-state index contributed by atoms with van der Waals surface area (Å²) < 4.78 is 0. The number of carbonyl (C=O) groups is 1. The van der Waals surface area contributed by atoms with E-state index < -0.39 is 0 Å². The van der Waals surface area contributed by atoms with E-state index in [1.165, 1.54) is 16.0 Å². The SMILES string of the molecule is O=C(C1CCN(Cc2ccncc2)C1)N1CCc2sccc2C1. The Bertz CT molecular complexity index is 685. The van der Waals surface area contributed by atoms with Gasteiger partial charge in [0.15, 0.2) is 0 Å². The highest BCUT2D eigenvalue weighted by Gasteiger charge is 2.32. The Morgan fingerprint density at radius 2 is 2.13 bits per heavy atom. The molecule has 0 N–H and O–H groups in total. The number of rotatable bonds is 3. The lowest BCUT2D eigenvalue weighted by Gasteiger charge is -2.29. The van der Waals surface area contributed by atoms with E-state index in [0.717, 1.165) is 45.6 Å². The average molecular weight is 327 g/mol. The van der Waals surface area contributed by atoms with E-state index in [9.17, 15) is 4.79 Å². The molecule has 2 aliphatic rings. The second-order valence-electron chi connectivity index (χ2n) is 6.45. The fourth-order valence-electron chi connectivity index (χ4n) is 3.62. The molecule has 0 spiro atoms. The largest absolute Gasteiger partial charge is 0.338 e. The number of amides is 1. The summed E-state index contributed by atoms with van der Waals surface area (Å²) in [6, 6.07) is 6.28. The molecule has 5 heteroatoms. The number of likely N-dealkylation sites (tertiary alicyclic amines) is 1. The highest BCUT2D eigenvalue weighted by Crippen LogP contribution is 2.27. The first kappa shape index (κ1) is 14.8. The van der Waals surface area contributed by atoms with Gasteiger partial charge in [-0.15, -0.1) is 11.3 Å². The molecular weight excluding hydrogens is 306 g/mol. The van der Waals surface area contributed by atoms with Gasteiger partial charge in [0.2, 0.25) is 5.91 Å². The van der Waals surface area contributed by atoms with Gasteiger partial charge in [-0.1, -0.05) is 0 Å². The van der Waals surface area contributed by atoms with E-state index in [4.69, 9.17) is 0 Å². The van der Waals surface area contributed by atoms with Gasteiger partial charge in [-0.2, -0.15) is 0 Å². The fraction of sp³-hybridized carbons (Fsp3) is 0.444. The van der Waals surface area contributed by atoms with Gasteiger partial charge in [0, 0.05) is 43.4 Å². The number of carbonyl (C=O) groups excluding carboxylic acids is 1.